The van der Waals surface area contributed by atoms with Crippen LogP contribution >= 0.6 is 0 Å². The number of nitrogens with zero attached hydrogens (tertiary/aromatic N) is 3. The molecule has 1 amide bonds. The predicted molar refractivity (Wildman–Crippen MR) is 67.6 cm³/mol. The van der Waals surface area contributed by atoms with Crippen LogP contribution in [0.25, 0.3) is 0 Å². The van der Waals surface area contributed by atoms with Gasteiger partial charge in [-0.05, 0) is 18.9 Å². The largest absolute Gasteiger partial charge is 0.575 e. The number of halogens is 3. The lowest BCUT2D eigenvalue weighted by molar-refractivity contribution is -0.277. The van der Waals surface area contributed by atoms with Crippen LogP contribution in [0.15, 0.2) is 12.3 Å². The summed E-state index contributed by atoms with van der Waals surface area (Å²) in [6, 6.07) is 0.781. The smallest absolute Gasteiger partial charge is 0.371 e. The first-order valence-corrected chi connectivity index (χ1v) is 6.44. The minimum Gasteiger partial charge on any atom is -0.371 e. The monoisotopic (exact) mass is 304 g/mol. The Morgan fingerprint density at radius 3 is 2.67 bits per heavy atom. The maximum atomic E-state index is 12.1. The molecule has 0 bridgehead atoms. The van der Waals surface area contributed by atoms with Crippen LogP contribution in [0, 0.1) is 0 Å². The zero-order valence-corrected chi connectivity index (χ0v) is 11.4. The molecule has 2 rings (SSSR count). The number of amides is 1. The second-order valence-corrected chi connectivity index (χ2v) is 4.70. The van der Waals surface area contributed by atoms with E-state index in [2.05, 4.69) is 20.0 Å². The maximum Gasteiger partial charge on any atom is 0.575 e. The fourth-order valence-corrected chi connectivity index (χ4v) is 2.12. The van der Waals surface area contributed by atoms with Crippen LogP contribution in [0.3, 0.4) is 0 Å². The Kier molecular flexibility index (Phi) is 4.49. The van der Waals surface area contributed by atoms with Crippen LogP contribution in [0.4, 0.5) is 19.0 Å². The van der Waals surface area contributed by atoms with Gasteiger partial charge in [0, 0.05) is 32.3 Å². The number of ether oxygens (including phenoxy) is 1. The molecule has 1 aromatic rings. The minimum absolute atomic E-state index is 0.0244. The zero-order valence-electron chi connectivity index (χ0n) is 11.4. The molecular formula is C12H15F3N4O2. The van der Waals surface area contributed by atoms with Gasteiger partial charge in [-0.25, -0.2) is 4.98 Å². The zero-order chi connectivity index (χ0) is 15.5. The molecule has 9 heteroatoms. The second kappa shape index (κ2) is 6.15. The number of rotatable bonds is 3. The number of alkyl halides is 3. The molecule has 1 aliphatic rings. The second-order valence-electron chi connectivity index (χ2n) is 4.70. The van der Waals surface area contributed by atoms with Crippen LogP contribution in [0.2, 0.25) is 0 Å². The highest BCUT2D eigenvalue weighted by molar-refractivity contribution is 5.73. The number of piperidine rings is 1. The predicted octanol–water partition coefficient (Wildman–Crippen LogP) is 1.80. The Balaban J connectivity index is 1.92. The van der Waals surface area contributed by atoms with Crippen LogP contribution in [0.5, 0.6) is 6.01 Å². The summed E-state index contributed by atoms with van der Waals surface area (Å²) in [5, 5.41) is 3.03. The van der Waals surface area contributed by atoms with Crippen molar-refractivity contribution in [2.24, 2.45) is 0 Å². The van der Waals surface area contributed by atoms with Crippen LogP contribution < -0.4 is 10.1 Å². The standard InChI is InChI=1S/C12H15F3N4O2/c1-8(20)19-6-3-9(4-7-19)17-10-2-5-16-11(18-10)21-12(13,14)15/h2,5,9H,3-4,6-7H2,1H3,(H,16,17,18). The molecule has 2 heterocycles. The van der Waals surface area contributed by atoms with Crippen LogP contribution in [-0.2, 0) is 4.79 Å². The Morgan fingerprint density at radius 2 is 2.10 bits per heavy atom. The van der Waals surface area contributed by atoms with E-state index in [-0.39, 0.29) is 17.8 Å². The number of nitrogens with one attached hydrogen (secondary N) is 1. The summed E-state index contributed by atoms with van der Waals surface area (Å²) in [6.07, 6.45) is -2.20. The third-order valence-electron chi connectivity index (χ3n) is 3.13. The van der Waals surface area contributed by atoms with Crippen LogP contribution in [0.1, 0.15) is 19.8 Å². The Morgan fingerprint density at radius 1 is 1.43 bits per heavy atom. The summed E-state index contributed by atoms with van der Waals surface area (Å²) in [6.45, 7) is 2.74. The highest BCUT2D eigenvalue weighted by Gasteiger charge is 2.32. The Bertz CT molecular complexity index is 502. The molecule has 1 saturated heterocycles. The fourth-order valence-electron chi connectivity index (χ4n) is 2.12. The molecule has 0 spiro atoms. The molecule has 0 unspecified atom stereocenters. The number of carbonyl (C=O) groups excluding carboxylic acids is 1. The number of likely N-dealkylation sites (tertiary alicyclic amines) is 1. The Labute approximate surface area is 119 Å². The van der Waals surface area contributed by atoms with Crippen molar-refractivity contribution in [1.82, 2.24) is 14.9 Å². The summed E-state index contributed by atoms with van der Waals surface area (Å²) in [5.41, 5.74) is 0. The van der Waals surface area contributed by atoms with E-state index in [1.807, 2.05) is 0 Å². The van der Waals surface area contributed by atoms with Crippen molar-refractivity contribution in [3.63, 3.8) is 0 Å². The molecule has 1 N–H and O–H groups in total. The van der Waals surface area contributed by atoms with E-state index in [1.54, 1.807) is 4.90 Å². The van der Waals surface area contributed by atoms with Gasteiger partial charge in [-0.15, -0.1) is 13.2 Å². The third kappa shape index (κ3) is 4.76. The molecule has 6 nitrogen and oxygen atoms in total. The van der Waals surface area contributed by atoms with E-state index in [4.69, 9.17) is 0 Å². The van der Waals surface area contributed by atoms with Crippen molar-refractivity contribution in [3.8, 4) is 6.01 Å². The highest BCUT2D eigenvalue weighted by Crippen LogP contribution is 2.21. The Hall–Kier alpha value is -2.06. The topological polar surface area (TPSA) is 67.4 Å². The van der Waals surface area contributed by atoms with E-state index >= 15 is 0 Å². The molecule has 1 fully saturated rings. The first-order valence-electron chi connectivity index (χ1n) is 6.44. The van der Waals surface area contributed by atoms with Crippen molar-refractivity contribution in [2.75, 3.05) is 18.4 Å². The van der Waals surface area contributed by atoms with Crippen molar-refractivity contribution in [2.45, 2.75) is 32.2 Å². The fraction of sp³-hybridized carbons (Fsp3) is 0.583. The van der Waals surface area contributed by atoms with Gasteiger partial charge in [0.25, 0.3) is 0 Å². The molecule has 1 aromatic heterocycles. The highest BCUT2D eigenvalue weighted by atomic mass is 19.4. The number of carbonyl (C=O) groups is 1. The van der Waals surface area contributed by atoms with E-state index in [1.165, 1.54) is 19.2 Å². The van der Waals surface area contributed by atoms with Gasteiger partial charge in [0.1, 0.15) is 5.82 Å². The minimum atomic E-state index is -4.81. The lowest BCUT2D eigenvalue weighted by Crippen LogP contribution is -2.41. The van der Waals surface area contributed by atoms with Crippen molar-refractivity contribution < 1.29 is 22.7 Å². The average molecular weight is 304 g/mol. The average Bonchev–Trinajstić information content (AvgIpc) is 2.37. The number of hydrogen-bond donors (Lipinski definition) is 1. The summed E-state index contributed by atoms with van der Waals surface area (Å²) in [4.78, 5) is 20.0. The molecular weight excluding hydrogens is 289 g/mol. The van der Waals surface area contributed by atoms with Gasteiger partial charge in [0.15, 0.2) is 0 Å². The van der Waals surface area contributed by atoms with Gasteiger partial charge in [-0.3, -0.25) is 4.79 Å². The van der Waals surface area contributed by atoms with Gasteiger partial charge in [0.05, 0.1) is 0 Å². The summed E-state index contributed by atoms with van der Waals surface area (Å²) in [7, 11) is 0. The van der Waals surface area contributed by atoms with E-state index in [0.717, 1.165) is 0 Å². The van der Waals surface area contributed by atoms with Crippen molar-refractivity contribution >= 4 is 11.7 Å². The van der Waals surface area contributed by atoms with E-state index in [9.17, 15) is 18.0 Å². The van der Waals surface area contributed by atoms with Gasteiger partial charge < -0.3 is 15.0 Å². The van der Waals surface area contributed by atoms with Gasteiger partial charge in [0.2, 0.25) is 5.91 Å². The van der Waals surface area contributed by atoms with Gasteiger partial charge in [-0.2, -0.15) is 4.98 Å². The normalized spacial score (nSPS) is 16.7. The molecule has 0 aliphatic carbocycles. The molecule has 0 radical (unpaired) electrons. The van der Waals surface area contributed by atoms with Gasteiger partial charge in [-0.1, -0.05) is 0 Å². The quantitative estimate of drug-likeness (QED) is 0.922. The first-order chi connectivity index (χ1) is 9.83. The molecule has 0 atom stereocenters. The summed E-state index contributed by atoms with van der Waals surface area (Å²) < 4.78 is 39.9. The number of hydrogen-bond acceptors (Lipinski definition) is 5. The van der Waals surface area contributed by atoms with Crippen molar-refractivity contribution in [1.29, 1.82) is 0 Å². The summed E-state index contributed by atoms with van der Waals surface area (Å²) >= 11 is 0. The number of aromatic nitrogens is 2. The van der Waals surface area contributed by atoms with E-state index < -0.39 is 12.4 Å². The maximum absolute atomic E-state index is 12.1. The summed E-state index contributed by atoms with van der Waals surface area (Å²) in [5.74, 6) is 0.293. The van der Waals surface area contributed by atoms with Crippen molar-refractivity contribution in [3.05, 3.63) is 12.3 Å². The molecule has 1 aliphatic heterocycles. The molecule has 0 saturated carbocycles. The lowest BCUT2D eigenvalue weighted by atomic mass is 10.1. The molecule has 116 valence electrons. The van der Waals surface area contributed by atoms with Gasteiger partial charge >= 0.3 is 12.4 Å². The number of anilines is 1. The van der Waals surface area contributed by atoms with Crippen LogP contribution in [-0.4, -0.2) is 46.3 Å². The lowest BCUT2D eigenvalue weighted by Gasteiger charge is -2.31. The molecule has 0 aromatic carbocycles. The third-order valence-corrected chi connectivity index (χ3v) is 3.13. The van der Waals surface area contributed by atoms with E-state index in [0.29, 0.717) is 25.9 Å². The first kappa shape index (κ1) is 15.3. The molecule has 21 heavy (non-hydrogen) atoms. The SMILES string of the molecule is CC(=O)N1CCC(Nc2ccnc(OC(F)(F)F)n2)CC1.